The van der Waals surface area contributed by atoms with Crippen LogP contribution in [-0.4, -0.2) is 17.6 Å². The molecule has 110 valence electrons. The van der Waals surface area contributed by atoms with Crippen molar-refractivity contribution in [3.63, 3.8) is 0 Å². The molecule has 4 heteroatoms. The first kappa shape index (κ1) is 15.1. The van der Waals surface area contributed by atoms with E-state index in [2.05, 4.69) is 12.2 Å². The van der Waals surface area contributed by atoms with E-state index in [0.29, 0.717) is 11.4 Å². The first-order chi connectivity index (χ1) is 10.2. The van der Waals surface area contributed by atoms with Crippen LogP contribution < -0.4 is 10.1 Å². The van der Waals surface area contributed by atoms with Crippen molar-refractivity contribution in [3.05, 3.63) is 59.7 Å². The summed E-state index contributed by atoms with van der Waals surface area (Å²) in [6.07, 6.45) is 0.977. The number of rotatable bonds is 6. The summed E-state index contributed by atoms with van der Waals surface area (Å²) in [6.45, 7) is 2.05. The lowest BCUT2D eigenvalue weighted by atomic mass is 10.2. The number of aryl methyl sites for hydroxylation is 1. The van der Waals surface area contributed by atoms with Crippen LogP contribution in [0.5, 0.6) is 5.75 Å². The molecule has 1 amide bonds. The number of amides is 1. The van der Waals surface area contributed by atoms with E-state index in [0.717, 1.165) is 12.0 Å². The molecule has 0 saturated heterocycles. The van der Waals surface area contributed by atoms with Gasteiger partial charge in [-0.25, -0.2) is 0 Å². The van der Waals surface area contributed by atoms with Gasteiger partial charge in [0.2, 0.25) is 0 Å². The highest BCUT2D eigenvalue weighted by Gasteiger charge is 2.04. The zero-order valence-electron chi connectivity index (χ0n) is 12.0. The zero-order chi connectivity index (χ0) is 15.1. The van der Waals surface area contributed by atoms with Gasteiger partial charge in [0.15, 0.2) is 6.61 Å². The molecule has 0 aliphatic heterocycles. The van der Waals surface area contributed by atoms with Crippen molar-refractivity contribution in [1.82, 2.24) is 0 Å². The van der Waals surface area contributed by atoms with Crippen LogP contribution in [0.1, 0.15) is 18.1 Å². The highest BCUT2D eigenvalue weighted by molar-refractivity contribution is 5.91. The average Bonchev–Trinajstić information content (AvgIpc) is 2.54. The molecule has 0 unspecified atom stereocenters. The van der Waals surface area contributed by atoms with Gasteiger partial charge in [-0.15, -0.1) is 0 Å². The molecular weight excluding hydrogens is 266 g/mol. The molecule has 0 heterocycles. The number of benzene rings is 2. The molecule has 0 bridgehead atoms. The summed E-state index contributed by atoms with van der Waals surface area (Å²) in [7, 11) is 0. The molecule has 2 aromatic carbocycles. The van der Waals surface area contributed by atoms with Gasteiger partial charge in [-0.3, -0.25) is 4.79 Å². The number of anilines is 1. The van der Waals surface area contributed by atoms with Gasteiger partial charge in [0.1, 0.15) is 5.75 Å². The second-order valence-electron chi connectivity index (χ2n) is 4.69. The third-order valence-electron chi connectivity index (χ3n) is 3.12. The van der Waals surface area contributed by atoms with E-state index in [-0.39, 0.29) is 19.1 Å². The minimum atomic E-state index is -0.216. The Morgan fingerprint density at radius 2 is 1.67 bits per heavy atom. The minimum absolute atomic E-state index is 0.00884. The zero-order valence-corrected chi connectivity index (χ0v) is 12.0. The number of carbonyl (C=O) groups is 1. The SMILES string of the molecule is CCc1ccc(OCC(=O)Nc2ccc(CO)cc2)cc1. The molecule has 2 rings (SSSR count). The van der Waals surface area contributed by atoms with E-state index < -0.39 is 0 Å². The predicted octanol–water partition coefficient (Wildman–Crippen LogP) is 2.76. The third-order valence-corrected chi connectivity index (χ3v) is 3.12. The molecule has 2 N–H and O–H groups in total. The van der Waals surface area contributed by atoms with Gasteiger partial charge in [-0.2, -0.15) is 0 Å². The van der Waals surface area contributed by atoms with Crippen LogP contribution >= 0.6 is 0 Å². The fourth-order valence-electron chi connectivity index (χ4n) is 1.86. The van der Waals surface area contributed by atoms with Crippen LogP contribution in [-0.2, 0) is 17.8 Å². The first-order valence-electron chi connectivity index (χ1n) is 6.92. The number of hydrogen-bond donors (Lipinski definition) is 2. The minimum Gasteiger partial charge on any atom is -0.484 e. The first-order valence-corrected chi connectivity index (χ1v) is 6.92. The van der Waals surface area contributed by atoms with E-state index in [4.69, 9.17) is 9.84 Å². The standard InChI is InChI=1S/C17H19NO3/c1-2-13-5-9-16(10-6-13)21-12-17(20)18-15-7-3-14(11-19)4-8-15/h3-10,19H,2,11-12H2,1H3,(H,18,20). The summed E-state index contributed by atoms with van der Waals surface area (Å²) in [4.78, 5) is 11.8. The Morgan fingerprint density at radius 3 is 2.24 bits per heavy atom. The lowest BCUT2D eigenvalue weighted by Crippen LogP contribution is -2.20. The maximum absolute atomic E-state index is 11.8. The van der Waals surface area contributed by atoms with Crippen LogP contribution in [0.4, 0.5) is 5.69 Å². The summed E-state index contributed by atoms with van der Waals surface area (Å²) in [5.41, 5.74) is 2.72. The van der Waals surface area contributed by atoms with Crippen molar-refractivity contribution < 1.29 is 14.6 Å². The van der Waals surface area contributed by atoms with Gasteiger partial charge in [0.05, 0.1) is 6.61 Å². The molecule has 0 aromatic heterocycles. The molecule has 2 aromatic rings. The molecule has 4 nitrogen and oxygen atoms in total. The van der Waals surface area contributed by atoms with Gasteiger partial charge < -0.3 is 15.2 Å². The van der Waals surface area contributed by atoms with Gasteiger partial charge >= 0.3 is 0 Å². The summed E-state index contributed by atoms with van der Waals surface area (Å²) in [5, 5.41) is 11.7. The van der Waals surface area contributed by atoms with Crippen LogP contribution in [0.15, 0.2) is 48.5 Å². The van der Waals surface area contributed by atoms with Crippen molar-refractivity contribution in [2.75, 3.05) is 11.9 Å². The Morgan fingerprint density at radius 1 is 1.05 bits per heavy atom. The maximum atomic E-state index is 11.8. The number of carbonyl (C=O) groups excluding carboxylic acids is 1. The number of aliphatic hydroxyl groups excluding tert-OH is 1. The van der Waals surface area contributed by atoms with Gasteiger partial charge in [-0.05, 0) is 41.8 Å². The number of nitrogens with one attached hydrogen (secondary N) is 1. The summed E-state index contributed by atoms with van der Waals surface area (Å²) < 4.78 is 5.43. The second kappa shape index (κ2) is 7.45. The molecule has 0 saturated carbocycles. The van der Waals surface area contributed by atoms with Gasteiger partial charge in [0, 0.05) is 5.69 Å². The van der Waals surface area contributed by atoms with E-state index in [1.54, 1.807) is 24.3 Å². The number of aliphatic hydroxyl groups is 1. The molecule has 0 aliphatic rings. The van der Waals surface area contributed by atoms with Crippen molar-refractivity contribution in [1.29, 1.82) is 0 Å². The largest absolute Gasteiger partial charge is 0.484 e. The van der Waals surface area contributed by atoms with Crippen LogP contribution in [0.3, 0.4) is 0 Å². The second-order valence-corrected chi connectivity index (χ2v) is 4.69. The molecule has 0 spiro atoms. The van der Waals surface area contributed by atoms with Crippen LogP contribution in [0, 0.1) is 0 Å². The molecule has 0 aliphatic carbocycles. The molecular formula is C17H19NO3. The Kier molecular flexibility index (Phi) is 5.35. The predicted molar refractivity (Wildman–Crippen MR) is 82.3 cm³/mol. The normalized spacial score (nSPS) is 10.2. The molecule has 0 fully saturated rings. The van der Waals surface area contributed by atoms with Crippen molar-refractivity contribution in [3.8, 4) is 5.75 Å². The van der Waals surface area contributed by atoms with Crippen LogP contribution in [0.2, 0.25) is 0 Å². The van der Waals surface area contributed by atoms with Crippen molar-refractivity contribution in [2.24, 2.45) is 0 Å². The lowest BCUT2D eigenvalue weighted by Gasteiger charge is -2.08. The van der Waals surface area contributed by atoms with E-state index in [1.165, 1.54) is 5.56 Å². The summed E-state index contributed by atoms with van der Waals surface area (Å²) in [6, 6.07) is 14.7. The van der Waals surface area contributed by atoms with Gasteiger partial charge in [0.25, 0.3) is 5.91 Å². The topological polar surface area (TPSA) is 58.6 Å². The van der Waals surface area contributed by atoms with Gasteiger partial charge in [-0.1, -0.05) is 31.2 Å². The Bertz CT molecular complexity index is 576. The quantitative estimate of drug-likeness (QED) is 0.858. The van der Waals surface area contributed by atoms with Crippen molar-refractivity contribution in [2.45, 2.75) is 20.0 Å². The third kappa shape index (κ3) is 4.61. The van der Waals surface area contributed by atoms with E-state index in [9.17, 15) is 4.79 Å². The van der Waals surface area contributed by atoms with E-state index >= 15 is 0 Å². The average molecular weight is 285 g/mol. The fourth-order valence-corrected chi connectivity index (χ4v) is 1.86. The monoisotopic (exact) mass is 285 g/mol. The highest BCUT2D eigenvalue weighted by atomic mass is 16.5. The Labute approximate surface area is 124 Å². The fraction of sp³-hybridized carbons (Fsp3) is 0.235. The molecule has 0 radical (unpaired) electrons. The summed E-state index contributed by atoms with van der Waals surface area (Å²) in [5.74, 6) is 0.462. The lowest BCUT2D eigenvalue weighted by molar-refractivity contribution is -0.118. The highest BCUT2D eigenvalue weighted by Crippen LogP contribution is 2.13. The Hall–Kier alpha value is -2.33. The van der Waals surface area contributed by atoms with E-state index in [1.807, 2.05) is 24.3 Å². The Balaban J connectivity index is 1.83. The molecule has 0 atom stereocenters. The summed E-state index contributed by atoms with van der Waals surface area (Å²) >= 11 is 0. The smallest absolute Gasteiger partial charge is 0.262 e. The van der Waals surface area contributed by atoms with Crippen molar-refractivity contribution >= 4 is 11.6 Å². The van der Waals surface area contributed by atoms with Crippen LogP contribution in [0.25, 0.3) is 0 Å². The molecule has 21 heavy (non-hydrogen) atoms. The number of hydrogen-bond acceptors (Lipinski definition) is 3. The maximum Gasteiger partial charge on any atom is 0.262 e. The number of ether oxygens (including phenoxy) is 1.